The largest absolute Gasteiger partial charge is 0.497 e. The van der Waals surface area contributed by atoms with Crippen LogP contribution in [0.3, 0.4) is 0 Å². The van der Waals surface area contributed by atoms with Gasteiger partial charge in [0.25, 0.3) is 0 Å². The second-order valence-electron chi connectivity index (χ2n) is 8.47. The summed E-state index contributed by atoms with van der Waals surface area (Å²) >= 11 is 0. The number of nitrogens with one attached hydrogen (secondary N) is 2. The molecule has 31 heavy (non-hydrogen) atoms. The van der Waals surface area contributed by atoms with E-state index in [1.165, 1.54) is 24.3 Å². The van der Waals surface area contributed by atoms with Gasteiger partial charge < -0.3 is 15.0 Å². The molecule has 0 aliphatic carbocycles. The summed E-state index contributed by atoms with van der Waals surface area (Å²) in [7, 11) is -2.08. The number of anilines is 2. The average molecular weight is 446 g/mol. The maximum atomic E-state index is 12.7. The van der Waals surface area contributed by atoms with E-state index in [2.05, 4.69) is 10.0 Å². The van der Waals surface area contributed by atoms with E-state index in [4.69, 9.17) is 4.74 Å². The van der Waals surface area contributed by atoms with Gasteiger partial charge in [-0.15, -0.1) is 0 Å². The molecule has 0 radical (unpaired) electrons. The minimum absolute atomic E-state index is 0.111. The molecule has 166 valence electrons. The summed E-state index contributed by atoms with van der Waals surface area (Å²) in [5, 5.41) is 2.77. The number of methoxy groups -OCH3 is 1. The predicted octanol–water partition coefficient (Wildman–Crippen LogP) is 2.76. The van der Waals surface area contributed by atoms with Crippen LogP contribution in [0.25, 0.3) is 0 Å². The summed E-state index contributed by atoms with van der Waals surface area (Å²) < 4.78 is 32.5. The Morgan fingerprint density at radius 3 is 2.23 bits per heavy atom. The molecule has 0 spiro atoms. The van der Waals surface area contributed by atoms with Crippen molar-refractivity contribution in [2.45, 2.75) is 37.6 Å². The van der Waals surface area contributed by atoms with Crippen molar-refractivity contribution in [1.29, 1.82) is 0 Å². The van der Waals surface area contributed by atoms with E-state index < -0.39 is 21.5 Å². The Balaban J connectivity index is 1.64. The number of rotatable bonds is 6. The zero-order valence-electron chi connectivity index (χ0n) is 18.0. The molecule has 0 aromatic heterocycles. The van der Waals surface area contributed by atoms with Gasteiger partial charge >= 0.3 is 0 Å². The molecule has 8 nitrogen and oxygen atoms in total. The van der Waals surface area contributed by atoms with Crippen LogP contribution in [-0.4, -0.2) is 39.4 Å². The summed E-state index contributed by atoms with van der Waals surface area (Å²) in [6.07, 6.45) is 0.111. The van der Waals surface area contributed by atoms with E-state index in [0.717, 1.165) is 0 Å². The Bertz CT molecular complexity index is 1060. The van der Waals surface area contributed by atoms with Crippen molar-refractivity contribution >= 4 is 33.2 Å². The van der Waals surface area contributed by atoms with Gasteiger partial charge in [-0.1, -0.05) is 0 Å². The highest BCUT2D eigenvalue weighted by Crippen LogP contribution is 2.27. The van der Waals surface area contributed by atoms with Gasteiger partial charge in [-0.3, -0.25) is 9.59 Å². The van der Waals surface area contributed by atoms with Crippen LogP contribution in [0.15, 0.2) is 53.4 Å². The number of hydrogen-bond acceptors (Lipinski definition) is 5. The van der Waals surface area contributed by atoms with Crippen LogP contribution in [0.5, 0.6) is 5.75 Å². The van der Waals surface area contributed by atoms with Crippen molar-refractivity contribution < 1.29 is 22.7 Å². The van der Waals surface area contributed by atoms with Crippen molar-refractivity contribution in [1.82, 2.24) is 4.72 Å². The van der Waals surface area contributed by atoms with Gasteiger partial charge in [-0.05, 0) is 69.3 Å². The highest BCUT2D eigenvalue weighted by molar-refractivity contribution is 7.89. The lowest BCUT2D eigenvalue weighted by Gasteiger charge is -2.20. The molecule has 3 rings (SSSR count). The maximum absolute atomic E-state index is 12.7. The summed E-state index contributed by atoms with van der Waals surface area (Å²) in [4.78, 5) is 26.8. The molecule has 1 fully saturated rings. The summed E-state index contributed by atoms with van der Waals surface area (Å²) in [5.74, 6) is -0.221. The zero-order valence-corrected chi connectivity index (χ0v) is 18.8. The third-order valence-corrected chi connectivity index (χ3v) is 6.53. The Labute approximate surface area is 182 Å². The van der Waals surface area contributed by atoms with Crippen LogP contribution >= 0.6 is 0 Å². The lowest BCUT2D eigenvalue weighted by molar-refractivity contribution is -0.122. The molecule has 1 saturated heterocycles. The fourth-order valence-corrected chi connectivity index (χ4v) is 4.74. The van der Waals surface area contributed by atoms with Crippen molar-refractivity contribution in [3.05, 3.63) is 48.5 Å². The SMILES string of the molecule is COc1ccc(N2C[C@@H](C(=O)Nc3ccc(S(=O)(=O)NC(C)(C)C)cc3)CC2=O)cc1. The van der Waals surface area contributed by atoms with Crippen LogP contribution < -0.4 is 19.7 Å². The predicted molar refractivity (Wildman–Crippen MR) is 119 cm³/mol. The topological polar surface area (TPSA) is 105 Å². The normalized spacial score (nSPS) is 17.0. The van der Waals surface area contributed by atoms with Crippen molar-refractivity contribution in [3.8, 4) is 5.75 Å². The number of nitrogens with zero attached hydrogens (tertiary/aromatic N) is 1. The second-order valence-corrected chi connectivity index (χ2v) is 10.2. The molecule has 2 aromatic carbocycles. The fourth-order valence-electron chi connectivity index (χ4n) is 3.32. The Hall–Kier alpha value is -2.91. The lowest BCUT2D eigenvalue weighted by atomic mass is 10.1. The lowest BCUT2D eigenvalue weighted by Crippen LogP contribution is -2.40. The number of carbonyl (C=O) groups excluding carboxylic acids is 2. The van der Waals surface area contributed by atoms with Crippen molar-refractivity contribution in [2.75, 3.05) is 23.9 Å². The maximum Gasteiger partial charge on any atom is 0.241 e. The molecule has 9 heteroatoms. The van der Waals surface area contributed by atoms with Crippen molar-refractivity contribution in [3.63, 3.8) is 0 Å². The van der Waals surface area contributed by atoms with E-state index in [0.29, 0.717) is 17.1 Å². The molecule has 1 heterocycles. The Morgan fingerprint density at radius 2 is 1.68 bits per heavy atom. The molecule has 1 atom stereocenters. The highest BCUT2D eigenvalue weighted by atomic mass is 32.2. The molecule has 1 aliphatic rings. The van der Waals surface area contributed by atoms with E-state index in [9.17, 15) is 18.0 Å². The average Bonchev–Trinajstić information content (AvgIpc) is 3.08. The molecule has 0 unspecified atom stereocenters. The number of hydrogen-bond donors (Lipinski definition) is 2. The quantitative estimate of drug-likeness (QED) is 0.711. The van der Waals surface area contributed by atoms with E-state index in [-0.39, 0.29) is 29.7 Å². The van der Waals surface area contributed by atoms with Gasteiger partial charge in [0.1, 0.15) is 5.75 Å². The number of ether oxygens (including phenoxy) is 1. The first kappa shape index (κ1) is 22.8. The molecule has 2 aromatic rings. The highest BCUT2D eigenvalue weighted by Gasteiger charge is 2.35. The minimum atomic E-state index is -3.65. The van der Waals surface area contributed by atoms with Gasteiger partial charge in [-0.25, -0.2) is 13.1 Å². The molecular weight excluding hydrogens is 418 g/mol. The van der Waals surface area contributed by atoms with Crippen LogP contribution in [-0.2, 0) is 19.6 Å². The first-order valence-electron chi connectivity index (χ1n) is 9.88. The standard InChI is InChI=1S/C22H27N3O5S/c1-22(2,3)24-31(28,29)19-11-5-16(6-12-19)23-21(27)15-13-20(26)25(14-15)17-7-9-18(30-4)10-8-17/h5-12,15,24H,13-14H2,1-4H3,(H,23,27)/t15-/m0/s1. The van der Waals surface area contributed by atoms with E-state index >= 15 is 0 Å². The first-order chi connectivity index (χ1) is 14.5. The summed E-state index contributed by atoms with van der Waals surface area (Å²) in [5.41, 5.74) is 0.577. The Kier molecular flexibility index (Phi) is 6.38. The van der Waals surface area contributed by atoms with Crippen molar-refractivity contribution in [2.24, 2.45) is 5.92 Å². The number of benzene rings is 2. The molecule has 0 saturated carbocycles. The number of sulfonamides is 1. The van der Waals surface area contributed by atoms with Crippen LogP contribution in [0, 0.1) is 5.92 Å². The van der Waals surface area contributed by atoms with Crippen LogP contribution in [0.4, 0.5) is 11.4 Å². The van der Waals surface area contributed by atoms with Crippen LogP contribution in [0.2, 0.25) is 0 Å². The third kappa shape index (κ3) is 5.62. The summed E-state index contributed by atoms with van der Waals surface area (Å²) in [6, 6.07) is 13.0. The smallest absolute Gasteiger partial charge is 0.241 e. The summed E-state index contributed by atoms with van der Waals surface area (Å²) in [6.45, 7) is 5.56. The molecular formula is C22H27N3O5S. The second kappa shape index (κ2) is 8.68. The molecule has 2 amide bonds. The van der Waals surface area contributed by atoms with Crippen LogP contribution in [0.1, 0.15) is 27.2 Å². The van der Waals surface area contributed by atoms with Gasteiger partial charge in [0.2, 0.25) is 21.8 Å². The van der Waals surface area contributed by atoms with Gasteiger partial charge in [0.05, 0.1) is 17.9 Å². The van der Waals surface area contributed by atoms with E-state index in [1.54, 1.807) is 57.0 Å². The number of amides is 2. The van der Waals surface area contributed by atoms with Gasteiger partial charge in [0.15, 0.2) is 0 Å². The fraction of sp³-hybridized carbons (Fsp3) is 0.364. The minimum Gasteiger partial charge on any atom is -0.497 e. The molecule has 2 N–H and O–H groups in total. The zero-order chi connectivity index (χ0) is 22.8. The first-order valence-corrected chi connectivity index (χ1v) is 11.4. The third-order valence-electron chi connectivity index (χ3n) is 4.75. The number of carbonyl (C=O) groups is 2. The van der Waals surface area contributed by atoms with Gasteiger partial charge in [-0.2, -0.15) is 0 Å². The Morgan fingerprint density at radius 1 is 1.06 bits per heavy atom. The van der Waals surface area contributed by atoms with E-state index in [1.807, 2.05) is 0 Å². The molecule has 1 aliphatic heterocycles. The molecule has 0 bridgehead atoms. The van der Waals surface area contributed by atoms with Gasteiger partial charge in [0, 0.05) is 29.9 Å². The monoisotopic (exact) mass is 445 g/mol.